The fraction of sp³-hybridized carbons (Fsp3) is 0.333. The summed E-state index contributed by atoms with van der Waals surface area (Å²) in [6, 6.07) is 2.32. The molecule has 0 aliphatic rings. The van der Waals surface area contributed by atoms with Crippen molar-refractivity contribution < 1.29 is 29.1 Å². The van der Waals surface area contributed by atoms with Crippen molar-refractivity contribution in [1.29, 1.82) is 0 Å². The Morgan fingerprint density at radius 3 is 2.26 bits per heavy atom. The van der Waals surface area contributed by atoms with Crippen LogP contribution in [-0.2, 0) is 36.8 Å². The summed E-state index contributed by atoms with van der Waals surface area (Å²) < 4.78 is 0. The number of benzene rings is 1. The fourth-order valence-corrected chi connectivity index (χ4v) is 4.13. The van der Waals surface area contributed by atoms with Gasteiger partial charge in [0.25, 0.3) is 0 Å². The highest BCUT2D eigenvalue weighted by molar-refractivity contribution is 7.80. The van der Waals surface area contributed by atoms with Crippen LogP contribution in [0.5, 0.6) is 0 Å². The average molecular weight is 559 g/mol. The van der Waals surface area contributed by atoms with E-state index in [0.717, 1.165) is 10.9 Å². The Bertz CT molecular complexity index is 1330. The molecule has 2 aromatic heterocycles. The Morgan fingerprint density at radius 1 is 0.949 bits per heavy atom. The third-order valence-electron chi connectivity index (χ3n) is 5.90. The number of carboxylic acids is 1. The maximum Gasteiger partial charge on any atom is 0.326 e. The molecule has 2 heterocycles. The van der Waals surface area contributed by atoms with Gasteiger partial charge in [0.1, 0.15) is 18.1 Å². The minimum Gasteiger partial charge on any atom is -0.480 e. The number of para-hydroxylation sites is 1. The van der Waals surface area contributed by atoms with Crippen LogP contribution in [0.25, 0.3) is 10.9 Å². The van der Waals surface area contributed by atoms with Crippen molar-refractivity contribution in [2.45, 2.75) is 43.4 Å². The van der Waals surface area contributed by atoms with Gasteiger partial charge in [-0.1, -0.05) is 18.2 Å². The summed E-state index contributed by atoms with van der Waals surface area (Å²) in [6.45, 7) is 0. The predicted octanol–water partition coefficient (Wildman–Crippen LogP) is -1.65. The maximum absolute atomic E-state index is 13.3. The molecule has 0 spiro atoms. The first kappa shape index (κ1) is 29.2. The molecule has 14 nitrogen and oxygen atoms in total. The van der Waals surface area contributed by atoms with Gasteiger partial charge in [0, 0.05) is 47.6 Å². The van der Waals surface area contributed by atoms with Gasteiger partial charge in [-0.25, -0.2) is 9.78 Å². The monoisotopic (exact) mass is 558 g/mol. The second-order valence-corrected chi connectivity index (χ2v) is 9.19. The third kappa shape index (κ3) is 8.05. The Kier molecular flexibility index (Phi) is 10.1. The number of fused-ring (bicyclic) bond motifs is 1. The molecule has 0 saturated heterocycles. The quantitative estimate of drug-likeness (QED) is 0.104. The van der Waals surface area contributed by atoms with E-state index in [9.17, 15) is 29.1 Å². The van der Waals surface area contributed by atoms with Crippen LogP contribution in [0.2, 0.25) is 0 Å². The highest BCUT2D eigenvalue weighted by Crippen LogP contribution is 2.19. The minimum absolute atomic E-state index is 0.0172. The topological polar surface area (TPSA) is 238 Å². The molecule has 4 atom stereocenters. The first-order chi connectivity index (χ1) is 18.6. The van der Waals surface area contributed by atoms with Crippen LogP contribution in [0.4, 0.5) is 0 Å². The van der Waals surface area contributed by atoms with E-state index in [2.05, 4.69) is 43.5 Å². The Hall–Kier alpha value is -4.37. The predicted molar refractivity (Wildman–Crippen MR) is 143 cm³/mol. The number of carbonyl (C=O) groups is 5. The lowest BCUT2D eigenvalue weighted by Gasteiger charge is -2.24. The number of carbonyl (C=O) groups excluding carboxylic acids is 4. The number of carboxylic acid groups (broad SMARTS) is 1. The molecule has 39 heavy (non-hydrogen) atoms. The number of hydrogen-bond donors (Lipinski definition) is 9. The SMILES string of the molecule is NC(=O)CC(N)C(=O)NC(Cc1c[nH]c2ccccc12)C(=O)NC(CS)C(=O)NC(Cc1cnc[nH]1)C(=O)O. The van der Waals surface area contributed by atoms with Gasteiger partial charge in [-0.15, -0.1) is 0 Å². The smallest absolute Gasteiger partial charge is 0.326 e. The second kappa shape index (κ2) is 13.4. The second-order valence-electron chi connectivity index (χ2n) is 8.83. The van der Waals surface area contributed by atoms with E-state index in [-0.39, 0.29) is 18.6 Å². The molecule has 4 amide bonds. The van der Waals surface area contributed by atoms with Crippen molar-refractivity contribution in [3.8, 4) is 0 Å². The lowest BCUT2D eigenvalue weighted by atomic mass is 10.0. The highest BCUT2D eigenvalue weighted by Gasteiger charge is 2.31. The molecule has 0 saturated carbocycles. The highest BCUT2D eigenvalue weighted by atomic mass is 32.1. The van der Waals surface area contributed by atoms with Gasteiger partial charge in [0.15, 0.2) is 0 Å². The van der Waals surface area contributed by atoms with Crippen LogP contribution in [0.3, 0.4) is 0 Å². The van der Waals surface area contributed by atoms with Crippen LogP contribution in [0.15, 0.2) is 43.0 Å². The molecule has 208 valence electrons. The molecule has 4 unspecified atom stereocenters. The number of aliphatic carboxylic acids is 1. The molecular weight excluding hydrogens is 528 g/mol. The molecule has 0 fully saturated rings. The Morgan fingerprint density at radius 2 is 1.62 bits per heavy atom. The van der Waals surface area contributed by atoms with Gasteiger partial charge < -0.3 is 42.5 Å². The number of nitrogens with two attached hydrogens (primary N) is 2. The lowest BCUT2D eigenvalue weighted by Crippen LogP contribution is -2.58. The standard InChI is InChI=1S/C24H30N8O6S/c25-15(7-20(26)33)21(34)30-17(5-12-8-28-16-4-2-1-3-14(12)16)22(35)32-19(10-39)23(36)31-18(24(37)38)6-13-9-27-11-29-13/h1-4,8-9,11,15,17-19,28,39H,5-7,10,25H2,(H2,26,33)(H,27,29)(H,30,34)(H,31,36)(H,32,35)(H,37,38). The number of nitrogens with zero attached hydrogens (tertiary/aromatic N) is 1. The van der Waals surface area contributed by atoms with Crippen LogP contribution in [-0.4, -0.2) is 79.6 Å². The number of aromatic amines is 2. The van der Waals surface area contributed by atoms with E-state index < -0.39 is 60.2 Å². The number of imidazole rings is 1. The summed E-state index contributed by atoms with van der Waals surface area (Å²) in [5, 5.41) is 17.8. The summed E-state index contributed by atoms with van der Waals surface area (Å²) >= 11 is 4.14. The summed E-state index contributed by atoms with van der Waals surface area (Å²) in [5.74, 6) is -4.54. The molecular formula is C24H30N8O6S. The molecule has 3 rings (SSSR count). The number of aromatic nitrogens is 3. The van der Waals surface area contributed by atoms with Crippen molar-refractivity contribution in [2.75, 3.05) is 5.75 Å². The molecule has 0 aliphatic carbocycles. The van der Waals surface area contributed by atoms with E-state index in [1.807, 2.05) is 24.3 Å². The van der Waals surface area contributed by atoms with Gasteiger partial charge in [-0.3, -0.25) is 19.2 Å². The Labute approximate surface area is 228 Å². The number of amides is 4. The van der Waals surface area contributed by atoms with Crippen molar-refractivity contribution in [2.24, 2.45) is 11.5 Å². The molecule has 0 aliphatic heterocycles. The zero-order valence-corrected chi connectivity index (χ0v) is 21.6. The summed E-state index contributed by atoms with van der Waals surface area (Å²) in [5.41, 5.74) is 12.9. The molecule has 1 aromatic carbocycles. The summed E-state index contributed by atoms with van der Waals surface area (Å²) in [4.78, 5) is 71.4. The Balaban J connectivity index is 1.76. The zero-order valence-electron chi connectivity index (χ0n) is 20.7. The van der Waals surface area contributed by atoms with E-state index >= 15 is 0 Å². The first-order valence-corrected chi connectivity index (χ1v) is 12.5. The van der Waals surface area contributed by atoms with Crippen molar-refractivity contribution in [3.05, 3.63) is 54.2 Å². The van der Waals surface area contributed by atoms with Gasteiger partial charge in [-0.2, -0.15) is 12.6 Å². The summed E-state index contributed by atoms with van der Waals surface area (Å²) in [6.07, 6.45) is 4.03. The van der Waals surface area contributed by atoms with Crippen molar-refractivity contribution in [1.82, 2.24) is 30.9 Å². The lowest BCUT2D eigenvalue weighted by molar-refractivity contribution is -0.142. The number of H-pyrrole nitrogens is 2. The number of rotatable bonds is 14. The number of primary amides is 1. The van der Waals surface area contributed by atoms with Crippen LogP contribution in [0, 0.1) is 0 Å². The number of nitrogens with one attached hydrogen (secondary N) is 5. The first-order valence-electron chi connectivity index (χ1n) is 11.9. The largest absolute Gasteiger partial charge is 0.480 e. The van der Waals surface area contributed by atoms with Crippen LogP contribution in [0.1, 0.15) is 17.7 Å². The average Bonchev–Trinajstić information content (AvgIpc) is 3.55. The minimum atomic E-state index is -1.30. The van der Waals surface area contributed by atoms with E-state index in [1.54, 1.807) is 6.20 Å². The van der Waals surface area contributed by atoms with Crippen LogP contribution < -0.4 is 27.4 Å². The maximum atomic E-state index is 13.3. The van der Waals surface area contributed by atoms with Gasteiger partial charge in [0.05, 0.1) is 18.8 Å². The fourth-order valence-electron chi connectivity index (χ4n) is 3.87. The molecule has 10 N–H and O–H groups in total. The van der Waals surface area contributed by atoms with Crippen molar-refractivity contribution in [3.63, 3.8) is 0 Å². The van der Waals surface area contributed by atoms with Crippen molar-refractivity contribution >= 4 is 53.1 Å². The van der Waals surface area contributed by atoms with E-state index in [0.29, 0.717) is 11.3 Å². The molecule has 15 heteroatoms. The molecule has 0 radical (unpaired) electrons. The molecule has 3 aromatic rings. The van der Waals surface area contributed by atoms with E-state index in [1.165, 1.54) is 12.5 Å². The van der Waals surface area contributed by atoms with Gasteiger partial charge in [0.2, 0.25) is 23.6 Å². The zero-order chi connectivity index (χ0) is 28.5. The summed E-state index contributed by atoms with van der Waals surface area (Å²) in [7, 11) is 0. The van der Waals surface area contributed by atoms with Gasteiger partial charge >= 0.3 is 5.97 Å². The number of thiol groups is 1. The normalized spacial score (nSPS) is 14.1. The third-order valence-corrected chi connectivity index (χ3v) is 6.26. The molecule has 0 bridgehead atoms. The van der Waals surface area contributed by atoms with Gasteiger partial charge in [-0.05, 0) is 11.6 Å². The number of hydrogen-bond acceptors (Lipinski definition) is 8. The van der Waals surface area contributed by atoms with Crippen LogP contribution >= 0.6 is 12.6 Å². The van der Waals surface area contributed by atoms with E-state index in [4.69, 9.17) is 11.5 Å².